The molecule has 0 saturated heterocycles. The van der Waals surface area contributed by atoms with Crippen molar-refractivity contribution in [3.05, 3.63) is 33.5 Å². The number of nitrogens with two attached hydrogens (primary N) is 1. The highest BCUT2D eigenvalue weighted by molar-refractivity contribution is 9.10. The fraction of sp³-hybridized carbons (Fsp3) is 0.333. The third-order valence-corrected chi connectivity index (χ3v) is 2.44. The highest BCUT2D eigenvalue weighted by Crippen LogP contribution is 2.21. The summed E-state index contributed by atoms with van der Waals surface area (Å²) in [7, 11) is 0. The second-order valence-electron chi connectivity index (χ2n) is 2.70. The van der Waals surface area contributed by atoms with Gasteiger partial charge in [0.25, 0.3) is 0 Å². The highest BCUT2D eigenvalue weighted by Gasteiger charge is 2.07. The zero-order valence-electron chi connectivity index (χ0n) is 6.90. The molecule has 0 bridgehead atoms. The molecule has 0 aliphatic heterocycles. The van der Waals surface area contributed by atoms with E-state index in [1.54, 1.807) is 6.07 Å². The molecule has 0 aliphatic carbocycles. The average molecular weight is 232 g/mol. The van der Waals surface area contributed by atoms with E-state index in [-0.39, 0.29) is 5.82 Å². The Labute approximate surface area is 79.9 Å². The van der Waals surface area contributed by atoms with Gasteiger partial charge in [0, 0.05) is 0 Å². The van der Waals surface area contributed by atoms with E-state index >= 15 is 0 Å². The molecule has 0 aliphatic rings. The summed E-state index contributed by atoms with van der Waals surface area (Å²) in [6.45, 7) is 2.37. The number of hydrogen-bond acceptors (Lipinski definition) is 1. The van der Waals surface area contributed by atoms with Gasteiger partial charge in [-0.2, -0.15) is 0 Å². The van der Waals surface area contributed by atoms with Gasteiger partial charge in [-0.1, -0.05) is 6.07 Å². The number of hydrogen-bond donors (Lipinski definition) is 1. The van der Waals surface area contributed by atoms with Crippen molar-refractivity contribution in [1.29, 1.82) is 0 Å². The van der Waals surface area contributed by atoms with E-state index in [9.17, 15) is 4.39 Å². The van der Waals surface area contributed by atoms with Crippen LogP contribution in [0.2, 0.25) is 0 Å². The Morgan fingerprint density at radius 1 is 1.50 bits per heavy atom. The summed E-state index contributed by atoms with van der Waals surface area (Å²) in [6, 6.07) is 3.60. The maximum atomic E-state index is 13.3. The molecule has 0 fully saturated rings. The van der Waals surface area contributed by atoms with Crippen LogP contribution in [0.15, 0.2) is 16.6 Å². The van der Waals surface area contributed by atoms with Gasteiger partial charge in [-0.05, 0) is 53.0 Å². The molecule has 1 aromatic carbocycles. The van der Waals surface area contributed by atoms with Gasteiger partial charge < -0.3 is 5.73 Å². The van der Waals surface area contributed by atoms with Crippen LogP contribution >= 0.6 is 15.9 Å². The number of rotatable bonds is 2. The van der Waals surface area contributed by atoms with Crippen LogP contribution in [0.25, 0.3) is 0 Å². The Morgan fingerprint density at radius 3 is 2.75 bits per heavy atom. The average Bonchev–Trinajstić information content (AvgIpc) is 2.06. The molecule has 0 heterocycles. The van der Waals surface area contributed by atoms with Crippen LogP contribution in [0.1, 0.15) is 11.1 Å². The van der Waals surface area contributed by atoms with Crippen LogP contribution in [0.3, 0.4) is 0 Å². The summed E-state index contributed by atoms with van der Waals surface area (Å²) in [5, 5.41) is 0. The summed E-state index contributed by atoms with van der Waals surface area (Å²) in [5.74, 6) is -0.180. The van der Waals surface area contributed by atoms with Gasteiger partial charge in [-0.3, -0.25) is 0 Å². The molecule has 1 nitrogen and oxygen atoms in total. The van der Waals surface area contributed by atoms with Crippen LogP contribution in [-0.4, -0.2) is 6.54 Å². The molecule has 0 amide bonds. The Morgan fingerprint density at radius 2 is 2.17 bits per heavy atom. The first-order valence-electron chi connectivity index (χ1n) is 3.80. The van der Waals surface area contributed by atoms with Crippen molar-refractivity contribution in [3.63, 3.8) is 0 Å². The quantitative estimate of drug-likeness (QED) is 0.832. The smallest absolute Gasteiger partial charge is 0.140 e. The van der Waals surface area contributed by atoms with E-state index in [1.165, 1.54) is 0 Å². The van der Waals surface area contributed by atoms with Gasteiger partial charge in [-0.15, -0.1) is 0 Å². The maximum absolute atomic E-state index is 13.3. The van der Waals surface area contributed by atoms with Crippen LogP contribution in [0.5, 0.6) is 0 Å². The monoisotopic (exact) mass is 231 g/mol. The summed E-state index contributed by atoms with van der Waals surface area (Å²) in [6.07, 6.45) is 0.594. The van der Waals surface area contributed by atoms with Gasteiger partial charge in [0.2, 0.25) is 0 Å². The van der Waals surface area contributed by atoms with E-state index in [0.29, 0.717) is 23.0 Å². The molecule has 0 atom stereocenters. The molecule has 1 aromatic rings. The standard InChI is InChI=1S/C9H11BrFN/c1-6-2-3-8(10)9(11)7(6)4-5-12/h2-3H,4-5,12H2,1H3. The Kier molecular flexibility index (Phi) is 3.23. The van der Waals surface area contributed by atoms with Crippen molar-refractivity contribution in [1.82, 2.24) is 0 Å². The van der Waals surface area contributed by atoms with E-state index in [0.717, 1.165) is 5.56 Å². The minimum atomic E-state index is -0.180. The Balaban J connectivity index is 3.14. The van der Waals surface area contributed by atoms with Gasteiger partial charge in [0.05, 0.1) is 4.47 Å². The fourth-order valence-electron chi connectivity index (χ4n) is 1.14. The lowest BCUT2D eigenvalue weighted by atomic mass is 10.1. The normalized spacial score (nSPS) is 10.3. The molecule has 66 valence electrons. The van der Waals surface area contributed by atoms with E-state index in [2.05, 4.69) is 15.9 Å². The lowest BCUT2D eigenvalue weighted by Crippen LogP contribution is -2.06. The minimum Gasteiger partial charge on any atom is -0.330 e. The molecule has 0 saturated carbocycles. The second-order valence-corrected chi connectivity index (χ2v) is 3.55. The van der Waals surface area contributed by atoms with Crippen LogP contribution in [0.4, 0.5) is 4.39 Å². The molecule has 3 heteroatoms. The minimum absolute atomic E-state index is 0.180. The number of halogens is 2. The first-order chi connectivity index (χ1) is 5.66. The van der Waals surface area contributed by atoms with E-state index in [1.807, 2.05) is 13.0 Å². The molecular formula is C9H11BrFN. The molecule has 0 aromatic heterocycles. The third-order valence-electron chi connectivity index (χ3n) is 1.82. The first kappa shape index (κ1) is 9.68. The highest BCUT2D eigenvalue weighted by atomic mass is 79.9. The zero-order valence-corrected chi connectivity index (χ0v) is 8.49. The van der Waals surface area contributed by atoms with Crippen LogP contribution < -0.4 is 5.73 Å². The topological polar surface area (TPSA) is 26.0 Å². The van der Waals surface area contributed by atoms with Gasteiger partial charge >= 0.3 is 0 Å². The van der Waals surface area contributed by atoms with Crippen molar-refractivity contribution >= 4 is 15.9 Å². The lowest BCUT2D eigenvalue weighted by molar-refractivity contribution is 0.601. The second kappa shape index (κ2) is 4.01. The van der Waals surface area contributed by atoms with Gasteiger partial charge in [0.15, 0.2) is 0 Å². The summed E-state index contributed by atoms with van der Waals surface area (Å²) in [5.41, 5.74) is 7.04. The molecular weight excluding hydrogens is 221 g/mol. The molecule has 2 N–H and O–H groups in total. The first-order valence-corrected chi connectivity index (χ1v) is 4.59. The number of benzene rings is 1. The predicted molar refractivity (Wildman–Crippen MR) is 51.6 cm³/mol. The van der Waals surface area contributed by atoms with E-state index < -0.39 is 0 Å². The molecule has 1 rings (SSSR count). The van der Waals surface area contributed by atoms with Crippen LogP contribution in [-0.2, 0) is 6.42 Å². The van der Waals surface area contributed by atoms with Crippen molar-refractivity contribution in [2.75, 3.05) is 6.54 Å². The fourth-order valence-corrected chi connectivity index (χ4v) is 1.51. The molecule has 0 unspecified atom stereocenters. The van der Waals surface area contributed by atoms with Crippen molar-refractivity contribution in [2.24, 2.45) is 5.73 Å². The van der Waals surface area contributed by atoms with E-state index in [4.69, 9.17) is 5.73 Å². The summed E-state index contributed by atoms with van der Waals surface area (Å²) < 4.78 is 13.9. The zero-order chi connectivity index (χ0) is 9.14. The molecule has 0 radical (unpaired) electrons. The predicted octanol–water partition coefficient (Wildman–Crippen LogP) is 2.40. The summed E-state index contributed by atoms with van der Waals surface area (Å²) >= 11 is 3.13. The van der Waals surface area contributed by atoms with Crippen molar-refractivity contribution < 1.29 is 4.39 Å². The SMILES string of the molecule is Cc1ccc(Br)c(F)c1CCN. The molecule has 12 heavy (non-hydrogen) atoms. The lowest BCUT2D eigenvalue weighted by Gasteiger charge is -2.06. The maximum Gasteiger partial charge on any atom is 0.140 e. The summed E-state index contributed by atoms with van der Waals surface area (Å²) in [4.78, 5) is 0. The van der Waals surface area contributed by atoms with Crippen molar-refractivity contribution in [3.8, 4) is 0 Å². The number of aryl methyl sites for hydroxylation is 1. The Hall–Kier alpha value is -0.410. The largest absolute Gasteiger partial charge is 0.330 e. The van der Waals surface area contributed by atoms with Gasteiger partial charge in [0.1, 0.15) is 5.82 Å². The van der Waals surface area contributed by atoms with Gasteiger partial charge in [-0.25, -0.2) is 4.39 Å². The molecule has 0 spiro atoms. The van der Waals surface area contributed by atoms with Crippen molar-refractivity contribution in [2.45, 2.75) is 13.3 Å². The third kappa shape index (κ3) is 1.84. The Bertz CT molecular complexity index is 286. The van der Waals surface area contributed by atoms with Crippen LogP contribution in [0, 0.1) is 12.7 Å².